The molecule has 0 saturated carbocycles. The van der Waals surface area contributed by atoms with Crippen LogP contribution in [0.15, 0.2) is 11.4 Å². The molecule has 21 heavy (non-hydrogen) atoms. The van der Waals surface area contributed by atoms with E-state index < -0.39 is 10.2 Å². The molecule has 1 N–H and O–H groups in total. The summed E-state index contributed by atoms with van der Waals surface area (Å²) < 4.78 is 28.6. The van der Waals surface area contributed by atoms with Gasteiger partial charge in [-0.15, -0.1) is 11.3 Å². The third-order valence-corrected chi connectivity index (χ3v) is 5.27. The third-order valence-electron chi connectivity index (χ3n) is 2.88. The van der Waals surface area contributed by atoms with Gasteiger partial charge in [-0.1, -0.05) is 0 Å². The summed E-state index contributed by atoms with van der Waals surface area (Å²) in [6, 6.07) is 1.99. The fourth-order valence-electron chi connectivity index (χ4n) is 1.77. The van der Waals surface area contributed by atoms with Crippen molar-refractivity contribution in [2.45, 2.75) is 20.3 Å². The molecule has 7 nitrogen and oxygen atoms in total. The van der Waals surface area contributed by atoms with Crippen molar-refractivity contribution in [2.75, 3.05) is 20.6 Å². The molecular weight excluding hydrogens is 310 g/mol. The van der Waals surface area contributed by atoms with Crippen molar-refractivity contribution in [3.63, 3.8) is 0 Å². The Morgan fingerprint density at radius 3 is 2.67 bits per heavy atom. The van der Waals surface area contributed by atoms with Crippen LogP contribution < -0.4 is 4.72 Å². The maximum absolute atomic E-state index is 11.6. The fourth-order valence-corrected chi connectivity index (χ4v) is 3.25. The molecule has 2 aromatic rings. The Bertz CT molecular complexity index is 718. The fraction of sp³-hybridized carbons (Fsp3) is 0.500. The van der Waals surface area contributed by atoms with Crippen molar-refractivity contribution in [1.29, 1.82) is 0 Å². The highest BCUT2D eigenvalue weighted by molar-refractivity contribution is 7.87. The molecule has 0 bridgehead atoms. The normalized spacial score (nSPS) is 12.2. The molecular formula is C12H19N5O2S2. The van der Waals surface area contributed by atoms with Gasteiger partial charge in [-0.25, -0.2) is 14.4 Å². The molecule has 0 amide bonds. The summed E-state index contributed by atoms with van der Waals surface area (Å²) in [5.74, 6) is 0. The average molecular weight is 329 g/mol. The summed E-state index contributed by atoms with van der Waals surface area (Å²) >= 11 is 1.50. The van der Waals surface area contributed by atoms with Crippen LogP contribution >= 0.6 is 11.3 Å². The van der Waals surface area contributed by atoms with E-state index in [1.807, 2.05) is 25.3 Å². The summed E-state index contributed by atoms with van der Waals surface area (Å²) in [4.78, 5) is 4.49. The number of aryl methyl sites for hydroxylation is 2. The van der Waals surface area contributed by atoms with Crippen LogP contribution in [0.1, 0.15) is 17.1 Å². The third kappa shape index (κ3) is 3.88. The van der Waals surface area contributed by atoms with Crippen molar-refractivity contribution in [1.82, 2.24) is 23.8 Å². The topological polar surface area (TPSA) is 80.1 Å². The van der Waals surface area contributed by atoms with Crippen LogP contribution in [0.2, 0.25) is 0 Å². The SMILES string of the molecule is Cc1cc(C)n(-c2nc(CCNS(=O)(=O)N(C)C)cs2)n1. The summed E-state index contributed by atoms with van der Waals surface area (Å²) in [5, 5.41) is 7.11. The first-order chi connectivity index (χ1) is 9.79. The van der Waals surface area contributed by atoms with Gasteiger partial charge in [0, 0.05) is 38.1 Å². The highest BCUT2D eigenvalue weighted by atomic mass is 32.2. The molecule has 2 aromatic heterocycles. The zero-order valence-electron chi connectivity index (χ0n) is 12.5. The number of nitrogens with one attached hydrogen (secondary N) is 1. The van der Waals surface area contributed by atoms with E-state index >= 15 is 0 Å². The van der Waals surface area contributed by atoms with Gasteiger partial charge in [-0.05, 0) is 19.9 Å². The Labute approximate surface area is 128 Å². The van der Waals surface area contributed by atoms with Gasteiger partial charge in [0.1, 0.15) is 0 Å². The molecule has 2 heterocycles. The second-order valence-corrected chi connectivity index (χ2v) is 7.70. The van der Waals surface area contributed by atoms with Gasteiger partial charge in [-0.3, -0.25) is 0 Å². The monoisotopic (exact) mass is 329 g/mol. The van der Waals surface area contributed by atoms with E-state index in [-0.39, 0.29) is 0 Å². The second kappa shape index (κ2) is 6.22. The maximum Gasteiger partial charge on any atom is 0.278 e. The first-order valence-corrected chi connectivity index (χ1v) is 8.77. The number of thiazole rings is 1. The number of rotatable bonds is 6. The molecule has 0 atom stereocenters. The van der Waals surface area contributed by atoms with Gasteiger partial charge in [0.2, 0.25) is 5.13 Å². The first kappa shape index (κ1) is 16.1. The number of nitrogens with zero attached hydrogens (tertiary/aromatic N) is 4. The van der Waals surface area contributed by atoms with Crippen LogP contribution in [-0.4, -0.2) is 48.1 Å². The van der Waals surface area contributed by atoms with Crippen LogP contribution in [0.3, 0.4) is 0 Å². The Morgan fingerprint density at radius 1 is 1.38 bits per heavy atom. The van der Waals surface area contributed by atoms with Crippen molar-refractivity contribution < 1.29 is 8.42 Å². The summed E-state index contributed by atoms with van der Waals surface area (Å²) in [5.41, 5.74) is 2.83. The van der Waals surface area contributed by atoms with Gasteiger partial charge in [-0.2, -0.15) is 17.8 Å². The lowest BCUT2D eigenvalue weighted by atomic mass is 10.3. The molecule has 0 unspecified atom stereocenters. The van der Waals surface area contributed by atoms with Gasteiger partial charge >= 0.3 is 0 Å². The van der Waals surface area contributed by atoms with E-state index in [4.69, 9.17) is 0 Å². The highest BCUT2D eigenvalue weighted by Gasteiger charge is 2.13. The molecule has 0 aliphatic heterocycles. The van der Waals surface area contributed by atoms with E-state index in [2.05, 4.69) is 14.8 Å². The number of hydrogen-bond donors (Lipinski definition) is 1. The van der Waals surface area contributed by atoms with Crippen molar-refractivity contribution >= 4 is 21.5 Å². The predicted molar refractivity (Wildman–Crippen MR) is 83.0 cm³/mol. The summed E-state index contributed by atoms with van der Waals surface area (Å²) in [6.07, 6.45) is 0.545. The van der Waals surface area contributed by atoms with Gasteiger partial charge in [0.25, 0.3) is 10.2 Å². The molecule has 0 spiro atoms. The largest absolute Gasteiger partial charge is 0.278 e. The van der Waals surface area contributed by atoms with Crippen LogP contribution in [0.5, 0.6) is 0 Å². The quantitative estimate of drug-likeness (QED) is 0.853. The minimum absolute atomic E-state index is 0.320. The van der Waals surface area contributed by atoms with E-state index in [0.717, 1.165) is 26.5 Å². The Balaban J connectivity index is 2.00. The van der Waals surface area contributed by atoms with Gasteiger partial charge in [0.05, 0.1) is 11.4 Å². The molecule has 0 radical (unpaired) electrons. The van der Waals surface area contributed by atoms with Crippen LogP contribution in [0.25, 0.3) is 5.13 Å². The number of aromatic nitrogens is 3. The molecule has 0 fully saturated rings. The van der Waals surface area contributed by atoms with E-state index in [1.165, 1.54) is 25.4 Å². The molecule has 0 aromatic carbocycles. The molecule has 0 aliphatic rings. The van der Waals surface area contributed by atoms with Crippen molar-refractivity contribution in [2.24, 2.45) is 0 Å². The minimum atomic E-state index is -3.38. The van der Waals surface area contributed by atoms with Crippen LogP contribution in [0, 0.1) is 13.8 Å². The molecule has 0 aliphatic carbocycles. The Kier molecular flexibility index (Phi) is 4.77. The van der Waals surface area contributed by atoms with Gasteiger partial charge < -0.3 is 0 Å². The Hall–Kier alpha value is -1.29. The highest BCUT2D eigenvalue weighted by Crippen LogP contribution is 2.17. The van der Waals surface area contributed by atoms with Crippen molar-refractivity contribution in [3.8, 4) is 5.13 Å². The lowest BCUT2D eigenvalue weighted by molar-refractivity contribution is 0.505. The predicted octanol–water partition coefficient (Wildman–Crippen LogP) is 0.884. The maximum atomic E-state index is 11.6. The lowest BCUT2D eigenvalue weighted by Gasteiger charge is -2.11. The minimum Gasteiger partial charge on any atom is -0.223 e. The molecule has 116 valence electrons. The zero-order valence-corrected chi connectivity index (χ0v) is 14.1. The molecule has 0 saturated heterocycles. The standard InChI is InChI=1S/C12H19N5O2S2/c1-9-7-10(2)17(15-9)12-14-11(8-20-12)5-6-13-21(18,19)16(3)4/h7-8,13H,5-6H2,1-4H3. The zero-order chi connectivity index (χ0) is 15.6. The first-order valence-electron chi connectivity index (χ1n) is 6.45. The number of hydrogen-bond acceptors (Lipinski definition) is 5. The molecule has 9 heteroatoms. The summed E-state index contributed by atoms with van der Waals surface area (Å²) in [7, 11) is -0.391. The van der Waals surface area contributed by atoms with E-state index in [9.17, 15) is 8.42 Å². The Morgan fingerprint density at radius 2 is 2.10 bits per heavy atom. The summed E-state index contributed by atoms with van der Waals surface area (Å²) in [6.45, 7) is 4.24. The van der Waals surface area contributed by atoms with Crippen LogP contribution in [-0.2, 0) is 16.6 Å². The van der Waals surface area contributed by atoms with E-state index in [1.54, 1.807) is 4.68 Å². The molecule has 2 rings (SSSR count). The second-order valence-electron chi connectivity index (χ2n) is 4.89. The average Bonchev–Trinajstić information content (AvgIpc) is 2.95. The van der Waals surface area contributed by atoms with E-state index in [0.29, 0.717) is 13.0 Å². The van der Waals surface area contributed by atoms with Crippen molar-refractivity contribution in [3.05, 3.63) is 28.5 Å². The van der Waals surface area contributed by atoms with Crippen LogP contribution in [0.4, 0.5) is 0 Å². The van der Waals surface area contributed by atoms with Gasteiger partial charge in [0.15, 0.2) is 0 Å². The smallest absolute Gasteiger partial charge is 0.223 e. The lowest BCUT2D eigenvalue weighted by Crippen LogP contribution is -2.36.